The summed E-state index contributed by atoms with van der Waals surface area (Å²) in [7, 11) is -3.79. The van der Waals surface area contributed by atoms with E-state index in [9.17, 15) is 28.5 Å². The second-order valence-corrected chi connectivity index (χ2v) is 10.9. The van der Waals surface area contributed by atoms with Crippen molar-refractivity contribution in [3.63, 3.8) is 0 Å². The Bertz CT molecular complexity index is 1130. The largest absolute Gasteiger partial charge is 0.508 e. The fourth-order valence-corrected chi connectivity index (χ4v) is 4.44. The van der Waals surface area contributed by atoms with Crippen molar-refractivity contribution in [2.45, 2.75) is 51.9 Å². The number of unbranched alkanes of at least 4 members (excludes halogenated alkanes) is 3. The van der Waals surface area contributed by atoms with Crippen LogP contribution in [0.5, 0.6) is 5.75 Å². The maximum atomic E-state index is 11.9. The van der Waals surface area contributed by atoms with E-state index in [0.717, 1.165) is 51.0 Å². The molecule has 12 heteroatoms. The first-order valence-corrected chi connectivity index (χ1v) is 14.7. The topological polar surface area (TPSA) is 155 Å². The predicted molar refractivity (Wildman–Crippen MR) is 146 cm³/mol. The van der Waals surface area contributed by atoms with Gasteiger partial charge in [0.05, 0.1) is 44.5 Å². The SMILES string of the molecule is CC(=O)ON(c1cccc(COCCOCCCCCCNC[C@@H](O)c2ccc(O)c(CO)c2)c1)S(C)(=O)=O. The molecule has 0 spiro atoms. The Hall–Kier alpha value is -2.74. The van der Waals surface area contributed by atoms with E-state index in [-0.39, 0.29) is 24.7 Å². The summed E-state index contributed by atoms with van der Waals surface area (Å²) >= 11 is 0. The lowest BCUT2D eigenvalue weighted by molar-refractivity contribution is -0.140. The zero-order chi connectivity index (χ0) is 28.7. The summed E-state index contributed by atoms with van der Waals surface area (Å²) in [6.45, 7) is 3.74. The van der Waals surface area contributed by atoms with Crippen LogP contribution in [-0.4, -0.2) is 68.9 Å². The number of hydrogen-bond donors (Lipinski definition) is 4. The zero-order valence-electron chi connectivity index (χ0n) is 22.5. The fraction of sp³-hybridized carbons (Fsp3) is 0.519. The first-order chi connectivity index (χ1) is 18.6. The van der Waals surface area contributed by atoms with Gasteiger partial charge in [-0.15, -0.1) is 0 Å². The van der Waals surface area contributed by atoms with Crippen molar-refractivity contribution in [1.29, 1.82) is 0 Å². The van der Waals surface area contributed by atoms with Crippen LogP contribution in [0.2, 0.25) is 0 Å². The molecule has 0 radical (unpaired) electrons. The summed E-state index contributed by atoms with van der Waals surface area (Å²) in [5, 5.41) is 32.3. The lowest BCUT2D eigenvalue weighted by atomic mass is 10.1. The number of aliphatic hydroxyl groups is 2. The Balaban J connectivity index is 1.51. The molecule has 218 valence electrons. The summed E-state index contributed by atoms with van der Waals surface area (Å²) in [5.41, 5.74) is 1.99. The minimum atomic E-state index is -3.79. The third kappa shape index (κ3) is 12.3. The van der Waals surface area contributed by atoms with Crippen molar-refractivity contribution in [3.05, 3.63) is 59.2 Å². The molecule has 0 bridgehead atoms. The van der Waals surface area contributed by atoms with E-state index < -0.39 is 22.1 Å². The van der Waals surface area contributed by atoms with E-state index in [2.05, 4.69) is 5.32 Å². The Morgan fingerprint density at radius 3 is 2.49 bits per heavy atom. The molecule has 0 unspecified atom stereocenters. The number of sulfonamides is 1. The summed E-state index contributed by atoms with van der Waals surface area (Å²) in [5.74, 6) is -0.723. The van der Waals surface area contributed by atoms with E-state index in [1.54, 1.807) is 30.3 Å². The van der Waals surface area contributed by atoms with Crippen LogP contribution >= 0.6 is 0 Å². The third-order valence-corrected chi connectivity index (χ3v) is 6.55. The molecular weight excluding hydrogens is 528 g/mol. The lowest BCUT2D eigenvalue weighted by Gasteiger charge is -2.20. The van der Waals surface area contributed by atoms with E-state index in [1.165, 1.54) is 12.1 Å². The number of carbonyl (C=O) groups is 1. The number of benzene rings is 2. The van der Waals surface area contributed by atoms with Gasteiger partial charge < -0.3 is 34.9 Å². The number of carbonyl (C=O) groups excluding carboxylic acids is 1. The Morgan fingerprint density at radius 2 is 1.77 bits per heavy atom. The highest BCUT2D eigenvalue weighted by molar-refractivity contribution is 7.91. The second-order valence-electron chi connectivity index (χ2n) is 9.09. The number of aliphatic hydroxyl groups excluding tert-OH is 2. The number of aromatic hydroxyl groups is 1. The minimum Gasteiger partial charge on any atom is -0.508 e. The van der Waals surface area contributed by atoms with Crippen molar-refractivity contribution in [2.75, 3.05) is 43.6 Å². The van der Waals surface area contributed by atoms with Crippen LogP contribution in [0.4, 0.5) is 5.69 Å². The number of nitrogens with zero attached hydrogens (tertiary/aromatic N) is 1. The summed E-state index contributed by atoms with van der Waals surface area (Å²) in [4.78, 5) is 16.1. The van der Waals surface area contributed by atoms with Crippen molar-refractivity contribution in [2.24, 2.45) is 0 Å². The van der Waals surface area contributed by atoms with Gasteiger partial charge in [0.15, 0.2) is 0 Å². The summed E-state index contributed by atoms with van der Waals surface area (Å²) < 4.78 is 35.7. The normalized spacial score (nSPS) is 12.3. The van der Waals surface area contributed by atoms with Crippen molar-refractivity contribution in [3.8, 4) is 5.75 Å². The Kier molecular flexibility index (Phi) is 14.2. The molecular formula is C27H40N2O9S. The van der Waals surface area contributed by atoms with Gasteiger partial charge in [0.2, 0.25) is 0 Å². The van der Waals surface area contributed by atoms with Gasteiger partial charge in [0.1, 0.15) is 5.75 Å². The van der Waals surface area contributed by atoms with Crippen LogP contribution in [0.15, 0.2) is 42.5 Å². The van der Waals surface area contributed by atoms with Crippen LogP contribution in [-0.2, 0) is 42.3 Å². The van der Waals surface area contributed by atoms with Gasteiger partial charge in [-0.3, -0.25) is 0 Å². The molecule has 0 aliphatic rings. The molecule has 0 saturated heterocycles. The van der Waals surface area contributed by atoms with Gasteiger partial charge in [-0.25, -0.2) is 13.2 Å². The van der Waals surface area contributed by atoms with Crippen LogP contribution in [0.25, 0.3) is 0 Å². The van der Waals surface area contributed by atoms with Gasteiger partial charge in [0.25, 0.3) is 10.0 Å². The quantitative estimate of drug-likeness (QED) is 0.147. The van der Waals surface area contributed by atoms with Crippen LogP contribution in [0, 0.1) is 0 Å². The molecule has 2 rings (SSSR count). The summed E-state index contributed by atoms with van der Waals surface area (Å²) in [6, 6.07) is 11.3. The average molecular weight is 569 g/mol. The Morgan fingerprint density at radius 1 is 1.03 bits per heavy atom. The van der Waals surface area contributed by atoms with Gasteiger partial charge >= 0.3 is 5.97 Å². The number of nitrogens with one attached hydrogen (secondary N) is 1. The predicted octanol–water partition coefficient (Wildman–Crippen LogP) is 2.55. The molecule has 11 nitrogen and oxygen atoms in total. The smallest absolute Gasteiger partial charge is 0.330 e. The van der Waals surface area contributed by atoms with Crippen LogP contribution < -0.4 is 9.79 Å². The average Bonchev–Trinajstić information content (AvgIpc) is 2.89. The van der Waals surface area contributed by atoms with Crippen LogP contribution in [0.3, 0.4) is 0 Å². The standard InChI is InChI=1S/C27H40N2O9S/c1-21(31)38-29(39(2,34)35)25-9-7-8-22(16-25)20-37-15-14-36-13-6-4-3-5-12-28-18-27(33)23-10-11-26(32)24(17-23)19-30/h7-11,16-17,27-28,30,32-33H,3-6,12-15,18-20H2,1-2H3/t27-/m1/s1. The molecule has 0 aromatic heterocycles. The maximum Gasteiger partial charge on any atom is 0.330 e. The van der Waals surface area contributed by atoms with Crippen LogP contribution in [0.1, 0.15) is 55.4 Å². The number of rotatable bonds is 19. The van der Waals surface area contributed by atoms with E-state index >= 15 is 0 Å². The van der Waals surface area contributed by atoms with E-state index in [1.807, 2.05) is 0 Å². The molecule has 0 amide bonds. The number of hydrogen-bond acceptors (Lipinski definition) is 10. The fourth-order valence-electron chi connectivity index (χ4n) is 3.70. The van der Waals surface area contributed by atoms with Gasteiger partial charge in [-0.05, 0) is 54.8 Å². The molecule has 1 atom stereocenters. The highest BCUT2D eigenvalue weighted by Crippen LogP contribution is 2.22. The number of anilines is 1. The van der Waals surface area contributed by atoms with Crippen molar-refractivity contribution >= 4 is 21.7 Å². The highest BCUT2D eigenvalue weighted by atomic mass is 32.2. The van der Waals surface area contributed by atoms with Gasteiger partial charge in [-0.1, -0.05) is 35.5 Å². The third-order valence-electron chi connectivity index (χ3n) is 5.66. The molecule has 2 aromatic carbocycles. The molecule has 0 heterocycles. The molecule has 39 heavy (non-hydrogen) atoms. The second kappa shape index (κ2) is 17.1. The Labute approximate surface area is 230 Å². The molecule has 0 saturated carbocycles. The van der Waals surface area contributed by atoms with Gasteiger partial charge in [0, 0.05) is 25.6 Å². The van der Waals surface area contributed by atoms with E-state index in [4.69, 9.17) is 14.3 Å². The molecule has 0 aliphatic heterocycles. The zero-order valence-corrected chi connectivity index (χ0v) is 23.4. The molecule has 0 fully saturated rings. The summed E-state index contributed by atoms with van der Waals surface area (Å²) in [6.07, 6.45) is 4.20. The highest BCUT2D eigenvalue weighted by Gasteiger charge is 2.21. The molecule has 2 aromatic rings. The molecule has 0 aliphatic carbocycles. The van der Waals surface area contributed by atoms with E-state index in [0.29, 0.717) is 42.0 Å². The first kappa shape index (κ1) is 32.5. The minimum absolute atomic E-state index is 0.0162. The van der Waals surface area contributed by atoms with Crippen molar-refractivity contribution < 1.29 is 42.8 Å². The lowest BCUT2D eigenvalue weighted by Crippen LogP contribution is -2.31. The van der Waals surface area contributed by atoms with Crippen molar-refractivity contribution in [1.82, 2.24) is 5.32 Å². The number of ether oxygens (including phenoxy) is 2. The first-order valence-electron chi connectivity index (χ1n) is 12.9. The maximum absolute atomic E-state index is 11.9. The monoisotopic (exact) mass is 568 g/mol. The van der Waals surface area contributed by atoms with Gasteiger partial charge in [-0.2, -0.15) is 0 Å². The number of phenols is 1. The molecule has 4 N–H and O–H groups in total.